The van der Waals surface area contributed by atoms with E-state index in [9.17, 15) is 0 Å². The lowest BCUT2D eigenvalue weighted by atomic mass is 10.2. The molecule has 0 atom stereocenters. The van der Waals surface area contributed by atoms with Gasteiger partial charge in [0.1, 0.15) is 0 Å². The maximum atomic E-state index is 4.45. The zero-order valence-electron chi connectivity index (χ0n) is 8.91. The van der Waals surface area contributed by atoms with E-state index in [1.165, 1.54) is 0 Å². The Morgan fingerprint density at radius 2 is 2.08 bits per heavy atom. The summed E-state index contributed by atoms with van der Waals surface area (Å²) in [5.74, 6) is 0. The fraction of sp³-hybridized carbons (Fsp3) is 0.545. The third kappa shape index (κ3) is 3.15. The van der Waals surface area contributed by atoms with Crippen LogP contribution in [-0.4, -0.2) is 23.0 Å². The predicted octanol–water partition coefficient (Wildman–Crippen LogP) is 2.23. The van der Waals surface area contributed by atoms with Crippen molar-refractivity contribution >= 4 is 0 Å². The van der Waals surface area contributed by atoms with Gasteiger partial charge < -0.3 is 0 Å². The van der Waals surface area contributed by atoms with E-state index < -0.39 is 0 Å². The van der Waals surface area contributed by atoms with Crippen molar-refractivity contribution in [2.24, 2.45) is 0 Å². The minimum absolute atomic E-state index is 0.572. The maximum Gasteiger partial charge on any atom is 0.0547 e. The molecule has 0 radical (unpaired) electrons. The molecule has 0 bridgehead atoms. The van der Waals surface area contributed by atoms with Crippen molar-refractivity contribution in [2.75, 3.05) is 7.05 Å². The summed E-state index contributed by atoms with van der Waals surface area (Å²) in [5, 5.41) is 0. The van der Waals surface area contributed by atoms with E-state index in [0.717, 1.165) is 17.9 Å². The summed E-state index contributed by atoms with van der Waals surface area (Å²) in [6.45, 7) is 7.34. The molecule has 2 heteroatoms. The topological polar surface area (TPSA) is 16.1 Å². The van der Waals surface area contributed by atoms with Crippen LogP contribution in [0.5, 0.6) is 0 Å². The Morgan fingerprint density at radius 1 is 1.38 bits per heavy atom. The Hall–Kier alpha value is -0.890. The molecule has 0 aliphatic heterocycles. The smallest absolute Gasteiger partial charge is 0.0547 e. The summed E-state index contributed by atoms with van der Waals surface area (Å²) in [7, 11) is 2.12. The average Bonchev–Trinajstić information content (AvgIpc) is 2.04. The third-order valence-corrected chi connectivity index (χ3v) is 2.24. The molecule has 0 N–H and O–H groups in total. The van der Waals surface area contributed by atoms with Crippen molar-refractivity contribution in [3.8, 4) is 0 Å². The van der Waals surface area contributed by atoms with Gasteiger partial charge >= 0.3 is 0 Å². The minimum atomic E-state index is 0.572. The van der Waals surface area contributed by atoms with Gasteiger partial charge in [-0.25, -0.2) is 0 Å². The summed E-state index contributed by atoms with van der Waals surface area (Å²) >= 11 is 0. The molecule has 0 amide bonds. The second-order valence-corrected chi connectivity index (χ2v) is 3.78. The molecule has 0 saturated heterocycles. The molecule has 0 aliphatic rings. The molecular weight excluding hydrogens is 160 g/mol. The SMILES string of the molecule is Cc1cccc(CN(C)C(C)C)n1. The third-order valence-electron chi connectivity index (χ3n) is 2.24. The number of aromatic nitrogens is 1. The van der Waals surface area contributed by atoms with E-state index in [1.807, 2.05) is 13.0 Å². The Balaban J connectivity index is 2.64. The molecule has 13 heavy (non-hydrogen) atoms. The van der Waals surface area contributed by atoms with Crippen LogP contribution in [0.1, 0.15) is 25.2 Å². The van der Waals surface area contributed by atoms with Crippen molar-refractivity contribution in [1.29, 1.82) is 0 Å². The van der Waals surface area contributed by atoms with Gasteiger partial charge in [-0.3, -0.25) is 9.88 Å². The normalized spacial score (nSPS) is 11.2. The second kappa shape index (κ2) is 4.38. The molecule has 0 spiro atoms. The van der Waals surface area contributed by atoms with Crippen molar-refractivity contribution < 1.29 is 0 Å². The van der Waals surface area contributed by atoms with Crippen LogP contribution in [0.2, 0.25) is 0 Å². The molecule has 0 fully saturated rings. The molecule has 0 saturated carbocycles. The lowest BCUT2D eigenvalue weighted by molar-refractivity contribution is 0.262. The van der Waals surface area contributed by atoms with Crippen molar-refractivity contribution in [3.05, 3.63) is 29.6 Å². The maximum absolute atomic E-state index is 4.45. The summed E-state index contributed by atoms with van der Waals surface area (Å²) in [5.41, 5.74) is 2.24. The quantitative estimate of drug-likeness (QED) is 0.705. The lowest BCUT2D eigenvalue weighted by Gasteiger charge is -2.20. The van der Waals surface area contributed by atoms with Crippen LogP contribution < -0.4 is 0 Å². The van der Waals surface area contributed by atoms with Crippen LogP contribution >= 0.6 is 0 Å². The van der Waals surface area contributed by atoms with Gasteiger partial charge in [-0.15, -0.1) is 0 Å². The highest BCUT2D eigenvalue weighted by Gasteiger charge is 2.04. The van der Waals surface area contributed by atoms with Crippen LogP contribution in [-0.2, 0) is 6.54 Å². The molecule has 1 aromatic rings. The van der Waals surface area contributed by atoms with Gasteiger partial charge in [0.15, 0.2) is 0 Å². The molecular formula is C11H18N2. The van der Waals surface area contributed by atoms with E-state index in [4.69, 9.17) is 0 Å². The first-order chi connectivity index (χ1) is 6.09. The van der Waals surface area contributed by atoms with Crippen molar-refractivity contribution in [1.82, 2.24) is 9.88 Å². The molecule has 0 aromatic carbocycles. The van der Waals surface area contributed by atoms with Crippen LogP contribution in [0, 0.1) is 6.92 Å². The summed E-state index contributed by atoms with van der Waals surface area (Å²) in [4.78, 5) is 6.73. The van der Waals surface area contributed by atoms with E-state index >= 15 is 0 Å². The number of pyridine rings is 1. The second-order valence-electron chi connectivity index (χ2n) is 3.78. The zero-order valence-corrected chi connectivity index (χ0v) is 8.91. The molecule has 0 unspecified atom stereocenters. The van der Waals surface area contributed by atoms with Gasteiger partial charge in [-0.05, 0) is 40.0 Å². The Morgan fingerprint density at radius 3 is 2.62 bits per heavy atom. The largest absolute Gasteiger partial charge is 0.298 e. The predicted molar refractivity (Wildman–Crippen MR) is 55.6 cm³/mol. The number of hydrogen-bond acceptors (Lipinski definition) is 2. The first kappa shape index (κ1) is 10.2. The first-order valence-corrected chi connectivity index (χ1v) is 4.72. The van der Waals surface area contributed by atoms with Crippen LogP contribution in [0.4, 0.5) is 0 Å². The number of rotatable bonds is 3. The number of nitrogens with zero attached hydrogens (tertiary/aromatic N) is 2. The van der Waals surface area contributed by atoms with Crippen LogP contribution in [0.3, 0.4) is 0 Å². The summed E-state index contributed by atoms with van der Waals surface area (Å²) in [6.07, 6.45) is 0. The molecule has 1 heterocycles. The van der Waals surface area contributed by atoms with E-state index in [-0.39, 0.29) is 0 Å². The molecule has 1 rings (SSSR count). The molecule has 2 nitrogen and oxygen atoms in total. The lowest BCUT2D eigenvalue weighted by Crippen LogP contribution is -2.26. The number of aryl methyl sites for hydroxylation is 1. The van der Waals surface area contributed by atoms with Crippen LogP contribution in [0.15, 0.2) is 18.2 Å². The highest BCUT2D eigenvalue weighted by Crippen LogP contribution is 2.04. The molecule has 72 valence electrons. The average molecular weight is 178 g/mol. The van der Waals surface area contributed by atoms with Crippen LogP contribution in [0.25, 0.3) is 0 Å². The van der Waals surface area contributed by atoms with E-state index in [0.29, 0.717) is 6.04 Å². The zero-order chi connectivity index (χ0) is 9.84. The summed E-state index contributed by atoms with van der Waals surface area (Å²) in [6, 6.07) is 6.73. The van der Waals surface area contributed by atoms with Crippen molar-refractivity contribution in [3.63, 3.8) is 0 Å². The fourth-order valence-corrected chi connectivity index (χ4v) is 1.13. The fourth-order valence-electron chi connectivity index (χ4n) is 1.13. The van der Waals surface area contributed by atoms with E-state index in [2.05, 4.69) is 42.9 Å². The first-order valence-electron chi connectivity index (χ1n) is 4.72. The minimum Gasteiger partial charge on any atom is -0.298 e. The van der Waals surface area contributed by atoms with Gasteiger partial charge in [-0.1, -0.05) is 6.07 Å². The number of hydrogen-bond donors (Lipinski definition) is 0. The highest BCUT2D eigenvalue weighted by atomic mass is 15.1. The molecule has 1 aromatic heterocycles. The Labute approximate surface area is 80.6 Å². The Bertz CT molecular complexity index is 269. The standard InChI is InChI=1S/C11H18N2/c1-9(2)13(4)8-11-7-5-6-10(3)12-11/h5-7,9H,8H2,1-4H3. The van der Waals surface area contributed by atoms with Gasteiger partial charge in [0.05, 0.1) is 5.69 Å². The van der Waals surface area contributed by atoms with Gasteiger partial charge in [0.25, 0.3) is 0 Å². The van der Waals surface area contributed by atoms with E-state index in [1.54, 1.807) is 0 Å². The molecule has 0 aliphatic carbocycles. The van der Waals surface area contributed by atoms with Gasteiger partial charge in [-0.2, -0.15) is 0 Å². The van der Waals surface area contributed by atoms with Gasteiger partial charge in [0.2, 0.25) is 0 Å². The highest BCUT2D eigenvalue weighted by molar-refractivity contribution is 5.09. The van der Waals surface area contributed by atoms with Gasteiger partial charge in [0, 0.05) is 18.3 Å². The monoisotopic (exact) mass is 178 g/mol. The van der Waals surface area contributed by atoms with Crippen molar-refractivity contribution in [2.45, 2.75) is 33.4 Å². The Kier molecular flexibility index (Phi) is 3.43. The summed E-state index contributed by atoms with van der Waals surface area (Å²) < 4.78 is 0.